The first kappa shape index (κ1) is 20.5. The molecule has 2 nitrogen and oxygen atoms in total. The molecule has 0 radical (unpaired) electrons. The molecular formula is C35H24N2. The molecule has 1 aliphatic heterocycles. The molecule has 0 saturated carbocycles. The number of pyridine rings is 1. The molecule has 2 aliphatic rings. The van der Waals surface area contributed by atoms with Crippen LogP contribution in [0.5, 0.6) is 0 Å². The van der Waals surface area contributed by atoms with Gasteiger partial charge in [0.15, 0.2) is 0 Å². The minimum absolute atomic E-state index is 0.927. The standard InChI is InChI=1S/C35H24N2/c1-3-12-25(13-4-1)31-32-27-18-9-16-24-17-10-19-28(30(24)27)33(32)34(26-14-5-2-6-15-26)36-35(31)37-22-21-23-11-7-8-20-29(23)37/h1-20H,21-22H2. The highest BCUT2D eigenvalue weighted by Gasteiger charge is 2.33. The van der Waals surface area contributed by atoms with Crippen LogP contribution in [0.15, 0.2) is 121 Å². The second-order valence-corrected chi connectivity index (χ2v) is 9.88. The topological polar surface area (TPSA) is 16.1 Å². The lowest BCUT2D eigenvalue weighted by atomic mass is 9.90. The van der Waals surface area contributed by atoms with Gasteiger partial charge < -0.3 is 4.90 Å². The van der Waals surface area contributed by atoms with E-state index in [4.69, 9.17) is 4.98 Å². The average Bonchev–Trinajstić information content (AvgIpc) is 3.55. The first-order valence-electron chi connectivity index (χ1n) is 13.0. The summed E-state index contributed by atoms with van der Waals surface area (Å²) in [5.74, 6) is 1.04. The fraction of sp³-hybridized carbons (Fsp3) is 0.0571. The maximum absolute atomic E-state index is 5.57. The van der Waals surface area contributed by atoms with Crippen LogP contribution in [0.1, 0.15) is 5.56 Å². The summed E-state index contributed by atoms with van der Waals surface area (Å²) in [7, 11) is 0. The van der Waals surface area contributed by atoms with Crippen LogP contribution >= 0.6 is 0 Å². The van der Waals surface area contributed by atoms with E-state index in [1.54, 1.807) is 0 Å². The summed E-state index contributed by atoms with van der Waals surface area (Å²) in [6.07, 6.45) is 1.03. The zero-order valence-electron chi connectivity index (χ0n) is 20.4. The molecule has 2 heterocycles. The zero-order valence-corrected chi connectivity index (χ0v) is 20.4. The number of anilines is 2. The van der Waals surface area contributed by atoms with Gasteiger partial charge in [-0.1, -0.05) is 115 Å². The minimum Gasteiger partial charge on any atom is -0.325 e. The van der Waals surface area contributed by atoms with Crippen LogP contribution in [0.2, 0.25) is 0 Å². The van der Waals surface area contributed by atoms with Crippen LogP contribution in [-0.2, 0) is 6.42 Å². The Kier molecular flexibility index (Phi) is 4.38. The molecule has 0 amide bonds. The molecule has 0 N–H and O–H groups in total. The highest BCUT2D eigenvalue weighted by molar-refractivity contribution is 6.21. The molecule has 0 fully saturated rings. The maximum atomic E-state index is 5.57. The van der Waals surface area contributed by atoms with E-state index in [0.717, 1.165) is 30.0 Å². The van der Waals surface area contributed by atoms with Crippen molar-refractivity contribution < 1.29 is 0 Å². The second kappa shape index (κ2) is 7.91. The monoisotopic (exact) mass is 472 g/mol. The van der Waals surface area contributed by atoms with Crippen molar-refractivity contribution >= 4 is 22.3 Å². The van der Waals surface area contributed by atoms with Gasteiger partial charge in [-0.2, -0.15) is 0 Å². The number of nitrogens with zero attached hydrogens (tertiary/aromatic N) is 2. The number of aromatic nitrogens is 1. The molecular weight excluding hydrogens is 448 g/mol. The maximum Gasteiger partial charge on any atom is 0.142 e. The Bertz CT molecular complexity index is 1820. The third-order valence-corrected chi connectivity index (χ3v) is 7.87. The van der Waals surface area contributed by atoms with Gasteiger partial charge >= 0.3 is 0 Å². The molecule has 0 bridgehead atoms. The Morgan fingerprint density at radius 3 is 1.95 bits per heavy atom. The van der Waals surface area contributed by atoms with Crippen molar-refractivity contribution in [1.82, 2.24) is 4.98 Å². The van der Waals surface area contributed by atoms with Crippen molar-refractivity contribution in [2.75, 3.05) is 11.4 Å². The summed E-state index contributed by atoms with van der Waals surface area (Å²) in [5, 5.41) is 2.60. The average molecular weight is 473 g/mol. The van der Waals surface area contributed by atoms with Gasteiger partial charge in [0.2, 0.25) is 0 Å². The van der Waals surface area contributed by atoms with Gasteiger partial charge in [-0.3, -0.25) is 0 Å². The van der Waals surface area contributed by atoms with Gasteiger partial charge in [-0.05, 0) is 45.5 Å². The van der Waals surface area contributed by atoms with E-state index in [2.05, 4.69) is 126 Å². The molecule has 2 heteroatoms. The van der Waals surface area contributed by atoms with Crippen LogP contribution in [-0.4, -0.2) is 11.5 Å². The normalized spacial score (nSPS) is 13.1. The fourth-order valence-corrected chi connectivity index (χ4v) is 6.30. The van der Waals surface area contributed by atoms with E-state index < -0.39 is 0 Å². The number of para-hydroxylation sites is 1. The van der Waals surface area contributed by atoms with Gasteiger partial charge in [-0.15, -0.1) is 0 Å². The Hall–Kier alpha value is -4.69. The summed E-state index contributed by atoms with van der Waals surface area (Å²) in [5.41, 5.74) is 12.4. The molecule has 5 aromatic carbocycles. The Morgan fingerprint density at radius 1 is 0.541 bits per heavy atom. The Morgan fingerprint density at radius 2 is 1.19 bits per heavy atom. The number of fused-ring (bicyclic) bond motifs is 4. The van der Waals surface area contributed by atoms with Gasteiger partial charge in [0.25, 0.3) is 0 Å². The smallest absolute Gasteiger partial charge is 0.142 e. The molecule has 1 aromatic heterocycles. The number of benzene rings is 5. The number of hydrogen-bond donors (Lipinski definition) is 0. The van der Waals surface area contributed by atoms with Gasteiger partial charge in [-0.25, -0.2) is 4.98 Å². The molecule has 0 atom stereocenters. The van der Waals surface area contributed by atoms with Crippen molar-refractivity contribution in [1.29, 1.82) is 0 Å². The number of rotatable bonds is 3. The fourth-order valence-electron chi connectivity index (χ4n) is 6.30. The molecule has 0 unspecified atom stereocenters. The highest BCUT2D eigenvalue weighted by Crippen LogP contribution is 2.56. The Balaban J connectivity index is 1.55. The van der Waals surface area contributed by atoms with Crippen LogP contribution in [0.3, 0.4) is 0 Å². The van der Waals surface area contributed by atoms with Gasteiger partial charge in [0.05, 0.1) is 5.69 Å². The predicted octanol–water partition coefficient (Wildman–Crippen LogP) is 8.91. The predicted molar refractivity (Wildman–Crippen MR) is 154 cm³/mol. The first-order valence-corrected chi connectivity index (χ1v) is 13.0. The zero-order chi connectivity index (χ0) is 24.3. The molecule has 8 rings (SSSR count). The lowest BCUT2D eigenvalue weighted by Crippen LogP contribution is -2.17. The van der Waals surface area contributed by atoms with Crippen molar-refractivity contribution in [3.8, 4) is 44.6 Å². The lowest BCUT2D eigenvalue weighted by Gasteiger charge is -2.26. The van der Waals surface area contributed by atoms with E-state index in [-0.39, 0.29) is 0 Å². The second-order valence-electron chi connectivity index (χ2n) is 9.88. The summed E-state index contributed by atoms with van der Waals surface area (Å²) in [6.45, 7) is 0.927. The first-order chi connectivity index (χ1) is 18.4. The molecule has 1 aliphatic carbocycles. The van der Waals surface area contributed by atoms with Crippen LogP contribution < -0.4 is 4.90 Å². The molecule has 6 aromatic rings. The van der Waals surface area contributed by atoms with Crippen LogP contribution in [0, 0.1) is 0 Å². The van der Waals surface area contributed by atoms with E-state index >= 15 is 0 Å². The summed E-state index contributed by atoms with van der Waals surface area (Å²) < 4.78 is 0. The third-order valence-electron chi connectivity index (χ3n) is 7.87. The van der Waals surface area contributed by atoms with Crippen molar-refractivity contribution in [2.24, 2.45) is 0 Å². The van der Waals surface area contributed by atoms with Crippen LogP contribution in [0.25, 0.3) is 55.4 Å². The quantitative estimate of drug-likeness (QED) is 0.255. The van der Waals surface area contributed by atoms with E-state index in [1.807, 2.05) is 0 Å². The molecule has 0 spiro atoms. The number of hydrogen-bond acceptors (Lipinski definition) is 2. The van der Waals surface area contributed by atoms with E-state index in [0.29, 0.717) is 0 Å². The van der Waals surface area contributed by atoms with Gasteiger partial charge in [0.1, 0.15) is 5.82 Å². The van der Waals surface area contributed by atoms with Crippen molar-refractivity contribution in [2.45, 2.75) is 6.42 Å². The largest absolute Gasteiger partial charge is 0.325 e. The third kappa shape index (κ3) is 2.96. The summed E-state index contributed by atoms with van der Waals surface area (Å²) in [6, 6.07) is 43.7. The van der Waals surface area contributed by atoms with E-state index in [9.17, 15) is 0 Å². The molecule has 37 heavy (non-hydrogen) atoms. The molecule has 174 valence electrons. The van der Waals surface area contributed by atoms with Crippen molar-refractivity contribution in [3.63, 3.8) is 0 Å². The Labute approximate surface area is 216 Å². The van der Waals surface area contributed by atoms with E-state index in [1.165, 1.54) is 55.4 Å². The highest BCUT2D eigenvalue weighted by atomic mass is 15.2. The summed E-state index contributed by atoms with van der Waals surface area (Å²) >= 11 is 0. The van der Waals surface area contributed by atoms with Crippen LogP contribution in [0.4, 0.5) is 11.5 Å². The van der Waals surface area contributed by atoms with Gasteiger partial charge in [0, 0.05) is 34.5 Å². The summed E-state index contributed by atoms with van der Waals surface area (Å²) in [4.78, 5) is 8.01. The van der Waals surface area contributed by atoms with Crippen molar-refractivity contribution in [3.05, 3.63) is 127 Å². The molecule has 0 saturated heterocycles. The SMILES string of the molecule is c1ccc(-c2nc(N3CCc4ccccc43)c(-c3ccccc3)c3c2-c2cccc4cccc-3c24)cc1. The lowest BCUT2D eigenvalue weighted by molar-refractivity contribution is 0.977. The minimum atomic E-state index is 0.927.